The van der Waals surface area contributed by atoms with Crippen molar-refractivity contribution in [2.24, 2.45) is 0 Å². The van der Waals surface area contributed by atoms with E-state index in [9.17, 15) is 9.59 Å². The van der Waals surface area contributed by atoms with E-state index in [2.05, 4.69) is 0 Å². The molecule has 5 heteroatoms. The Balaban J connectivity index is 1.64. The Hall–Kier alpha value is -2.40. The lowest BCUT2D eigenvalue weighted by Crippen LogP contribution is -2.35. The van der Waals surface area contributed by atoms with Crippen molar-refractivity contribution in [3.63, 3.8) is 0 Å². The van der Waals surface area contributed by atoms with Crippen LogP contribution in [0.1, 0.15) is 29.6 Å². The smallest absolute Gasteiger partial charge is 0.273 e. The zero-order valence-electron chi connectivity index (χ0n) is 13.3. The van der Waals surface area contributed by atoms with E-state index in [1.807, 2.05) is 53.4 Å². The van der Waals surface area contributed by atoms with Crippen molar-refractivity contribution < 1.29 is 4.79 Å². The van der Waals surface area contributed by atoms with Gasteiger partial charge in [-0.3, -0.25) is 9.59 Å². The number of carbonyl (C=O) groups is 1. The van der Waals surface area contributed by atoms with Gasteiger partial charge in [-0.25, -0.2) is 3.96 Å². The van der Waals surface area contributed by atoms with Crippen LogP contribution in [0.15, 0.2) is 53.3 Å². The molecule has 0 atom stereocenters. The number of carbonyl (C=O) groups excluding carboxylic acids is 1. The van der Waals surface area contributed by atoms with Crippen molar-refractivity contribution in [3.8, 4) is 5.69 Å². The fraction of sp³-hybridized carbons (Fsp3) is 0.263. The van der Waals surface area contributed by atoms with Gasteiger partial charge >= 0.3 is 0 Å². The molecule has 1 aliphatic rings. The maximum atomic E-state index is 12.5. The average Bonchev–Trinajstić information content (AvgIpc) is 2.99. The summed E-state index contributed by atoms with van der Waals surface area (Å²) in [5, 5.41) is 0.732. The Morgan fingerprint density at radius 3 is 2.33 bits per heavy atom. The Kier molecular flexibility index (Phi) is 3.94. The van der Waals surface area contributed by atoms with E-state index in [4.69, 9.17) is 0 Å². The minimum atomic E-state index is -0.00860. The summed E-state index contributed by atoms with van der Waals surface area (Å²) in [5.74, 6) is 0.0879. The van der Waals surface area contributed by atoms with Crippen LogP contribution in [0.3, 0.4) is 0 Å². The number of nitrogens with zero attached hydrogens (tertiary/aromatic N) is 2. The molecule has 1 amide bonds. The highest BCUT2D eigenvalue weighted by molar-refractivity contribution is 7.14. The first-order valence-electron chi connectivity index (χ1n) is 8.25. The van der Waals surface area contributed by atoms with Gasteiger partial charge in [0.15, 0.2) is 0 Å². The summed E-state index contributed by atoms with van der Waals surface area (Å²) in [6.45, 7) is 1.69. The molecule has 2 heterocycles. The number of fused-ring (bicyclic) bond motifs is 1. The predicted molar refractivity (Wildman–Crippen MR) is 97.2 cm³/mol. The summed E-state index contributed by atoms with van der Waals surface area (Å²) in [6, 6.07) is 15.0. The molecule has 1 aliphatic heterocycles. The lowest BCUT2D eigenvalue weighted by Gasteiger charge is -2.26. The van der Waals surface area contributed by atoms with Gasteiger partial charge < -0.3 is 4.90 Å². The topological polar surface area (TPSA) is 42.3 Å². The van der Waals surface area contributed by atoms with E-state index in [-0.39, 0.29) is 11.5 Å². The van der Waals surface area contributed by atoms with Gasteiger partial charge in [0.1, 0.15) is 0 Å². The fourth-order valence-electron chi connectivity index (χ4n) is 3.16. The van der Waals surface area contributed by atoms with E-state index in [0.717, 1.165) is 41.7 Å². The number of hydrogen-bond acceptors (Lipinski definition) is 3. The molecule has 3 aromatic rings. The van der Waals surface area contributed by atoms with Crippen LogP contribution in [-0.2, 0) is 0 Å². The number of aromatic nitrogens is 1. The van der Waals surface area contributed by atoms with E-state index >= 15 is 0 Å². The molecule has 24 heavy (non-hydrogen) atoms. The van der Waals surface area contributed by atoms with Crippen molar-refractivity contribution >= 4 is 27.5 Å². The minimum absolute atomic E-state index is 0.00860. The van der Waals surface area contributed by atoms with Gasteiger partial charge in [-0.05, 0) is 55.7 Å². The zero-order chi connectivity index (χ0) is 16.5. The second-order valence-electron chi connectivity index (χ2n) is 6.09. The normalized spacial score (nSPS) is 14.9. The number of benzene rings is 2. The van der Waals surface area contributed by atoms with Crippen LogP contribution in [0.4, 0.5) is 0 Å². The molecule has 1 saturated heterocycles. The molecule has 0 aliphatic carbocycles. The third-order valence-corrected chi connectivity index (χ3v) is 5.60. The number of hydrogen-bond donors (Lipinski definition) is 0. The predicted octanol–water partition coefficient (Wildman–Crippen LogP) is 3.68. The standard InChI is InChI=1S/C19H18N2O2S/c22-18(20-12-4-1-5-13-20)14-8-10-15(11-9-14)21-19(23)16-6-2-3-7-17(16)24-21/h2-3,6-11H,1,4-5,12-13H2. The van der Waals surface area contributed by atoms with Crippen LogP contribution in [0.2, 0.25) is 0 Å². The van der Waals surface area contributed by atoms with Crippen LogP contribution in [0, 0.1) is 0 Å². The Labute approximate surface area is 144 Å². The van der Waals surface area contributed by atoms with Crippen LogP contribution < -0.4 is 5.56 Å². The number of rotatable bonds is 2. The molecule has 0 N–H and O–H groups in total. The second kappa shape index (κ2) is 6.24. The van der Waals surface area contributed by atoms with E-state index in [1.54, 1.807) is 3.96 Å². The Bertz CT molecular complexity index is 934. The molecule has 4 nitrogen and oxygen atoms in total. The number of piperidine rings is 1. The third kappa shape index (κ3) is 2.65. The average molecular weight is 338 g/mol. The molecule has 2 aromatic carbocycles. The first kappa shape index (κ1) is 15.1. The first-order chi connectivity index (χ1) is 11.7. The summed E-state index contributed by atoms with van der Waals surface area (Å²) in [4.78, 5) is 26.9. The highest BCUT2D eigenvalue weighted by Crippen LogP contribution is 2.21. The molecule has 0 saturated carbocycles. The van der Waals surface area contributed by atoms with Crippen molar-refractivity contribution in [1.82, 2.24) is 8.86 Å². The molecule has 1 fully saturated rings. The van der Waals surface area contributed by atoms with Gasteiger partial charge in [-0.15, -0.1) is 0 Å². The van der Waals surface area contributed by atoms with Crippen molar-refractivity contribution in [2.45, 2.75) is 19.3 Å². The lowest BCUT2D eigenvalue weighted by molar-refractivity contribution is 0.0724. The highest BCUT2D eigenvalue weighted by atomic mass is 32.1. The van der Waals surface area contributed by atoms with E-state index < -0.39 is 0 Å². The molecule has 0 radical (unpaired) electrons. The van der Waals surface area contributed by atoms with E-state index in [0.29, 0.717) is 5.56 Å². The van der Waals surface area contributed by atoms with Crippen LogP contribution >= 0.6 is 11.5 Å². The number of likely N-dealkylation sites (tertiary alicyclic amines) is 1. The quantitative estimate of drug-likeness (QED) is 0.715. The minimum Gasteiger partial charge on any atom is -0.339 e. The molecule has 0 spiro atoms. The van der Waals surface area contributed by atoms with Crippen LogP contribution in [-0.4, -0.2) is 27.9 Å². The summed E-state index contributed by atoms with van der Waals surface area (Å²) in [6.07, 6.45) is 3.37. The lowest BCUT2D eigenvalue weighted by atomic mass is 10.1. The first-order valence-corrected chi connectivity index (χ1v) is 9.02. The zero-order valence-corrected chi connectivity index (χ0v) is 14.1. The third-order valence-electron chi connectivity index (χ3n) is 4.48. The maximum Gasteiger partial charge on any atom is 0.273 e. The SMILES string of the molecule is O=C(c1ccc(-n2sc3ccccc3c2=O)cc1)N1CCCCC1. The van der Waals surface area contributed by atoms with Gasteiger partial charge in [0, 0.05) is 18.7 Å². The Morgan fingerprint density at radius 2 is 1.62 bits per heavy atom. The molecule has 0 bridgehead atoms. The van der Waals surface area contributed by atoms with Crippen molar-refractivity contribution in [3.05, 3.63) is 64.4 Å². The Morgan fingerprint density at radius 1 is 0.917 bits per heavy atom. The van der Waals surface area contributed by atoms with Crippen LogP contribution in [0.25, 0.3) is 15.8 Å². The summed E-state index contributed by atoms with van der Waals surface area (Å²) in [7, 11) is 0. The summed E-state index contributed by atoms with van der Waals surface area (Å²) >= 11 is 1.43. The molecule has 1 aromatic heterocycles. The van der Waals surface area contributed by atoms with Crippen molar-refractivity contribution in [2.75, 3.05) is 13.1 Å². The molecular formula is C19H18N2O2S. The highest BCUT2D eigenvalue weighted by Gasteiger charge is 2.18. The molecule has 4 rings (SSSR count). The summed E-state index contributed by atoms with van der Waals surface area (Å²) < 4.78 is 2.65. The fourth-order valence-corrected chi connectivity index (χ4v) is 4.16. The second-order valence-corrected chi connectivity index (χ2v) is 7.07. The number of amides is 1. The summed E-state index contributed by atoms with van der Waals surface area (Å²) in [5.41, 5.74) is 1.48. The van der Waals surface area contributed by atoms with Gasteiger partial charge in [0.25, 0.3) is 11.5 Å². The van der Waals surface area contributed by atoms with Gasteiger partial charge in [0.05, 0.1) is 15.8 Å². The molecule has 0 unspecified atom stereocenters. The maximum absolute atomic E-state index is 12.5. The largest absolute Gasteiger partial charge is 0.339 e. The van der Waals surface area contributed by atoms with Crippen molar-refractivity contribution in [1.29, 1.82) is 0 Å². The van der Waals surface area contributed by atoms with E-state index in [1.165, 1.54) is 18.0 Å². The van der Waals surface area contributed by atoms with Gasteiger partial charge in [-0.1, -0.05) is 23.7 Å². The van der Waals surface area contributed by atoms with Crippen LogP contribution in [0.5, 0.6) is 0 Å². The molecular weight excluding hydrogens is 320 g/mol. The van der Waals surface area contributed by atoms with Gasteiger partial charge in [0.2, 0.25) is 0 Å². The molecule has 122 valence electrons. The van der Waals surface area contributed by atoms with Gasteiger partial charge in [-0.2, -0.15) is 0 Å². The monoisotopic (exact) mass is 338 g/mol.